The minimum absolute atomic E-state index is 0.210. The zero-order valence-electron chi connectivity index (χ0n) is 9.12. The van der Waals surface area contributed by atoms with Crippen LogP contribution in [0.5, 0.6) is 0 Å². The highest BCUT2D eigenvalue weighted by Gasteiger charge is 2.27. The fraction of sp³-hybridized carbons (Fsp3) is 0.889. The lowest BCUT2D eigenvalue weighted by atomic mass is 10.1. The van der Waals surface area contributed by atoms with Crippen LogP contribution in [0.15, 0.2) is 0 Å². The predicted octanol–water partition coefficient (Wildman–Crippen LogP) is 0.294. The van der Waals surface area contributed by atoms with E-state index in [2.05, 4.69) is 10.6 Å². The third kappa shape index (κ3) is 4.79. The number of hydrogen-bond donors (Lipinski definition) is 2. The minimum atomic E-state index is -2.77. The number of nitrogens with one attached hydrogen (secondary N) is 2. The van der Waals surface area contributed by atoms with Gasteiger partial charge >= 0.3 is 0 Å². The Labute approximate surface area is 96.7 Å². The van der Waals surface area contributed by atoms with E-state index < -0.39 is 9.84 Å². The standard InChI is InChI=1S/C9H18N2O2S2/c1-7(2)11-9(14)10-5-8-3-4-15(12,13)6-8/h7-8H,3-6H2,1-2H3,(H2,10,11,14)/t8-/m1/s1. The maximum absolute atomic E-state index is 11.2. The molecule has 0 unspecified atom stereocenters. The third-order valence-electron chi connectivity index (χ3n) is 2.30. The maximum atomic E-state index is 11.2. The topological polar surface area (TPSA) is 58.2 Å². The summed E-state index contributed by atoms with van der Waals surface area (Å²) in [6.45, 7) is 4.67. The third-order valence-corrected chi connectivity index (χ3v) is 4.40. The van der Waals surface area contributed by atoms with Crippen molar-refractivity contribution in [3.63, 3.8) is 0 Å². The van der Waals surface area contributed by atoms with Gasteiger partial charge in [0.05, 0.1) is 11.5 Å². The monoisotopic (exact) mass is 250 g/mol. The first-order valence-corrected chi connectivity index (χ1v) is 7.37. The van der Waals surface area contributed by atoms with Crippen LogP contribution in [-0.2, 0) is 9.84 Å². The van der Waals surface area contributed by atoms with Crippen molar-refractivity contribution in [3.8, 4) is 0 Å². The summed E-state index contributed by atoms with van der Waals surface area (Å²) in [6, 6.07) is 0.303. The average molecular weight is 250 g/mol. The molecule has 0 bridgehead atoms. The van der Waals surface area contributed by atoms with Crippen molar-refractivity contribution in [1.29, 1.82) is 0 Å². The molecule has 15 heavy (non-hydrogen) atoms. The molecule has 4 nitrogen and oxygen atoms in total. The van der Waals surface area contributed by atoms with E-state index in [0.29, 0.717) is 29.2 Å². The quantitative estimate of drug-likeness (QED) is 0.705. The van der Waals surface area contributed by atoms with Gasteiger partial charge in [0, 0.05) is 12.6 Å². The molecular formula is C9H18N2O2S2. The molecule has 1 saturated heterocycles. The minimum Gasteiger partial charge on any atom is -0.362 e. The highest BCUT2D eigenvalue weighted by molar-refractivity contribution is 7.91. The van der Waals surface area contributed by atoms with Gasteiger partial charge in [0.15, 0.2) is 14.9 Å². The van der Waals surface area contributed by atoms with E-state index in [-0.39, 0.29) is 5.92 Å². The molecule has 1 rings (SSSR count). The zero-order valence-corrected chi connectivity index (χ0v) is 10.7. The molecule has 1 heterocycles. The number of rotatable bonds is 3. The molecule has 0 amide bonds. The van der Waals surface area contributed by atoms with Crippen LogP contribution in [-0.4, -0.2) is 37.6 Å². The average Bonchev–Trinajstić information content (AvgIpc) is 2.41. The van der Waals surface area contributed by atoms with Crippen molar-refractivity contribution in [2.24, 2.45) is 5.92 Å². The number of thiocarbonyl (C=S) groups is 1. The molecule has 1 fully saturated rings. The van der Waals surface area contributed by atoms with Crippen molar-refractivity contribution in [3.05, 3.63) is 0 Å². The lowest BCUT2D eigenvalue weighted by Crippen LogP contribution is -2.41. The van der Waals surface area contributed by atoms with E-state index >= 15 is 0 Å². The lowest BCUT2D eigenvalue weighted by Gasteiger charge is -2.15. The van der Waals surface area contributed by atoms with Gasteiger partial charge < -0.3 is 10.6 Å². The first kappa shape index (κ1) is 12.7. The first-order valence-electron chi connectivity index (χ1n) is 5.14. The Balaban J connectivity index is 2.24. The Morgan fingerprint density at radius 1 is 1.53 bits per heavy atom. The van der Waals surface area contributed by atoms with E-state index in [0.717, 1.165) is 6.42 Å². The number of sulfone groups is 1. The van der Waals surface area contributed by atoms with Gasteiger partial charge in [-0.3, -0.25) is 0 Å². The summed E-state index contributed by atoms with van der Waals surface area (Å²) < 4.78 is 22.4. The van der Waals surface area contributed by atoms with Gasteiger partial charge in [0.2, 0.25) is 0 Å². The van der Waals surface area contributed by atoms with Crippen LogP contribution < -0.4 is 10.6 Å². The second kappa shape index (κ2) is 5.12. The Hall–Kier alpha value is -0.360. The second-order valence-electron chi connectivity index (χ2n) is 4.28. The van der Waals surface area contributed by atoms with E-state index in [4.69, 9.17) is 12.2 Å². The van der Waals surface area contributed by atoms with Gasteiger partial charge in [0.25, 0.3) is 0 Å². The van der Waals surface area contributed by atoms with Crippen molar-refractivity contribution in [1.82, 2.24) is 10.6 Å². The highest BCUT2D eigenvalue weighted by Crippen LogP contribution is 2.17. The smallest absolute Gasteiger partial charge is 0.166 e. The van der Waals surface area contributed by atoms with Gasteiger partial charge in [-0.05, 0) is 38.4 Å². The van der Waals surface area contributed by atoms with Gasteiger partial charge in [-0.1, -0.05) is 0 Å². The SMILES string of the molecule is CC(C)NC(=S)NC[C@H]1CCS(=O)(=O)C1. The molecule has 0 aliphatic carbocycles. The fourth-order valence-corrected chi connectivity index (χ4v) is 3.76. The Morgan fingerprint density at radius 3 is 2.67 bits per heavy atom. The molecule has 0 aromatic heterocycles. The van der Waals surface area contributed by atoms with Crippen LogP contribution in [0.25, 0.3) is 0 Å². The molecule has 0 aromatic rings. The van der Waals surface area contributed by atoms with Crippen molar-refractivity contribution in [2.45, 2.75) is 26.3 Å². The summed E-state index contributed by atoms with van der Waals surface area (Å²) in [6.07, 6.45) is 0.750. The van der Waals surface area contributed by atoms with Crippen LogP contribution in [0.4, 0.5) is 0 Å². The van der Waals surface area contributed by atoms with E-state index in [1.807, 2.05) is 13.8 Å². The summed E-state index contributed by atoms with van der Waals surface area (Å²) in [4.78, 5) is 0. The Bertz CT molecular complexity index is 325. The molecule has 1 aliphatic heterocycles. The molecule has 2 N–H and O–H groups in total. The molecule has 6 heteroatoms. The summed E-state index contributed by atoms with van der Waals surface area (Å²) >= 11 is 5.05. The highest BCUT2D eigenvalue weighted by atomic mass is 32.2. The molecule has 0 aromatic carbocycles. The van der Waals surface area contributed by atoms with Crippen LogP contribution in [0.2, 0.25) is 0 Å². The molecule has 1 aliphatic rings. The molecule has 0 spiro atoms. The largest absolute Gasteiger partial charge is 0.362 e. The molecule has 0 saturated carbocycles. The van der Waals surface area contributed by atoms with Gasteiger partial charge in [-0.2, -0.15) is 0 Å². The van der Waals surface area contributed by atoms with Crippen molar-refractivity contribution >= 4 is 27.2 Å². The van der Waals surface area contributed by atoms with Crippen molar-refractivity contribution < 1.29 is 8.42 Å². The van der Waals surface area contributed by atoms with Crippen LogP contribution >= 0.6 is 12.2 Å². The lowest BCUT2D eigenvalue weighted by molar-refractivity contribution is 0.567. The predicted molar refractivity (Wildman–Crippen MR) is 65.6 cm³/mol. The van der Waals surface area contributed by atoms with Crippen molar-refractivity contribution in [2.75, 3.05) is 18.1 Å². The first-order chi connectivity index (χ1) is 6.89. The molecule has 0 radical (unpaired) electrons. The summed E-state index contributed by atoms with van der Waals surface area (Å²) in [5.41, 5.74) is 0. The van der Waals surface area contributed by atoms with Crippen LogP contribution in [0, 0.1) is 5.92 Å². The van der Waals surface area contributed by atoms with E-state index in [1.165, 1.54) is 0 Å². The van der Waals surface area contributed by atoms with Gasteiger partial charge in [-0.25, -0.2) is 8.42 Å². The molecular weight excluding hydrogens is 232 g/mol. The molecule has 88 valence electrons. The maximum Gasteiger partial charge on any atom is 0.166 e. The number of hydrogen-bond acceptors (Lipinski definition) is 3. The second-order valence-corrected chi connectivity index (χ2v) is 6.92. The molecule has 1 atom stereocenters. The van der Waals surface area contributed by atoms with Crippen LogP contribution in [0.1, 0.15) is 20.3 Å². The van der Waals surface area contributed by atoms with Crippen LogP contribution in [0.3, 0.4) is 0 Å². The Morgan fingerprint density at radius 2 is 2.20 bits per heavy atom. The zero-order chi connectivity index (χ0) is 11.5. The van der Waals surface area contributed by atoms with Gasteiger partial charge in [0.1, 0.15) is 0 Å². The fourth-order valence-electron chi connectivity index (χ4n) is 1.58. The summed E-state index contributed by atoms with van der Waals surface area (Å²) in [5, 5.41) is 6.71. The van der Waals surface area contributed by atoms with Gasteiger partial charge in [-0.15, -0.1) is 0 Å². The summed E-state index contributed by atoms with van der Waals surface area (Å²) in [5.74, 6) is 0.829. The summed E-state index contributed by atoms with van der Waals surface area (Å²) in [7, 11) is -2.77. The Kier molecular flexibility index (Phi) is 4.33. The normalized spacial score (nSPS) is 24.1. The van der Waals surface area contributed by atoms with E-state index in [1.54, 1.807) is 0 Å². The van der Waals surface area contributed by atoms with E-state index in [9.17, 15) is 8.42 Å².